The van der Waals surface area contributed by atoms with Crippen LogP contribution in [-0.2, 0) is 9.47 Å². The maximum atomic E-state index is 11.0. The van der Waals surface area contributed by atoms with Crippen molar-refractivity contribution in [3.8, 4) is 5.75 Å². The van der Waals surface area contributed by atoms with Gasteiger partial charge in [-0.05, 0) is 44.4 Å². The first kappa shape index (κ1) is 16.3. The second-order valence-electron chi connectivity index (χ2n) is 5.04. The fourth-order valence-electron chi connectivity index (χ4n) is 2.11. The molecule has 0 radical (unpaired) electrons. The van der Waals surface area contributed by atoms with E-state index in [0.29, 0.717) is 16.8 Å². The molecule has 116 valence electrons. The van der Waals surface area contributed by atoms with E-state index in [0.717, 1.165) is 25.9 Å². The molecule has 2 rings (SSSR count). The third kappa shape index (κ3) is 5.30. The van der Waals surface area contributed by atoms with Crippen molar-refractivity contribution >= 4 is 21.9 Å². The van der Waals surface area contributed by atoms with E-state index in [1.807, 2.05) is 6.92 Å². The maximum absolute atomic E-state index is 11.0. The average Bonchev–Trinajstić information content (AvgIpc) is 2.45. The summed E-state index contributed by atoms with van der Waals surface area (Å²) in [5.41, 5.74) is 0.183. The van der Waals surface area contributed by atoms with Crippen LogP contribution in [0.2, 0.25) is 0 Å². The third-order valence-electron chi connectivity index (χ3n) is 3.11. The maximum Gasteiger partial charge on any atom is 0.335 e. The molecule has 0 amide bonds. The summed E-state index contributed by atoms with van der Waals surface area (Å²) in [6.07, 6.45) is 2.77. The molecule has 1 aliphatic rings. The van der Waals surface area contributed by atoms with Crippen LogP contribution in [0.3, 0.4) is 0 Å². The highest BCUT2D eigenvalue weighted by Gasteiger charge is 2.16. The summed E-state index contributed by atoms with van der Waals surface area (Å²) in [6.45, 7) is 3.03. The Bertz CT molecular complexity index is 485. The molecule has 0 aromatic heterocycles. The number of rotatable bonds is 6. The Hall–Kier alpha value is -1.11. The van der Waals surface area contributed by atoms with Crippen LogP contribution in [0.25, 0.3) is 0 Å². The van der Waals surface area contributed by atoms with Gasteiger partial charge in [0.05, 0.1) is 12.2 Å². The van der Waals surface area contributed by atoms with Crippen LogP contribution in [0.15, 0.2) is 22.7 Å². The molecule has 0 aliphatic carbocycles. The number of aromatic carboxylic acids is 1. The summed E-state index contributed by atoms with van der Waals surface area (Å²) in [6, 6.07) is 4.77. The fraction of sp³-hybridized carbons (Fsp3) is 0.533. The lowest BCUT2D eigenvalue weighted by Gasteiger charge is -2.24. The summed E-state index contributed by atoms with van der Waals surface area (Å²) in [7, 11) is 0. The van der Waals surface area contributed by atoms with Crippen LogP contribution in [0.1, 0.15) is 36.5 Å². The highest BCUT2D eigenvalue weighted by atomic mass is 79.9. The Kier molecular flexibility index (Phi) is 6.02. The molecular formula is C15H19BrO5. The minimum absolute atomic E-state index is 0.151. The van der Waals surface area contributed by atoms with Crippen LogP contribution in [0, 0.1) is 0 Å². The van der Waals surface area contributed by atoms with E-state index < -0.39 is 5.97 Å². The standard InChI is InChI=1S/C15H19BrO5/c1-10(9-20-14-4-2-3-5-19-14)21-13-7-11(15(17)18)6-12(16)8-13/h6-8,10,14H,2-5,9H2,1H3,(H,17,18). The van der Waals surface area contributed by atoms with Gasteiger partial charge in [0.2, 0.25) is 0 Å². The van der Waals surface area contributed by atoms with Crippen molar-refractivity contribution in [3.05, 3.63) is 28.2 Å². The van der Waals surface area contributed by atoms with Gasteiger partial charge in [0.1, 0.15) is 11.9 Å². The van der Waals surface area contributed by atoms with Crippen molar-refractivity contribution in [2.24, 2.45) is 0 Å². The zero-order chi connectivity index (χ0) is 15.2. The Balaban J connectivity index is 1.86. The molecule has 2 atom stereocenters. The summed E-state index contributed by atoms with van der Waals surface area (Å²) in [5.74, 6) is -0.483. The van der Waals surface area contributed by atoms with E-state index in [2.05, 4.69) is 15.9 Å². The molecule has 2 unspecified atom stereocenters. The van der Waals surface area contributed by atoms with Crippen molar-refractivity contribution in [3.63, 3.8) is 0 Å². The molecule has 1 fully saturated rings. The molecule has 21 heavy (non-hydrogen) atoms. The summed E-state index contributed by atoms with van der Waals surface area (Å²) < 4.78 is 17.5. The molecule has 1 aromatic carbocycles. The molecule has 0 saturated carbocycles. The molecule has 0 bridgehead atoms. The molecule has 1 heterocycles. The Morgan fingerprint density at radius 2 is 2.29 bits per heavy atom. The number of carbonyl (C=O) groups is 1. The van der Waals surface area contributed by atoms with Crippen molar-refractivity contribution in [2.45, 2.75) is 38.6 Å². The lowest BCUT2D eigenvalue weighted by molar-refractivity contribution is -0.171. The van der Waals surface area contributed by atoms with Gasteiger partial charge in [-0.3, -0.25) is 0 Å². The van der Waals surface area contributed by atoms with Gasteiger partial charge in [0.15, 0.2) is 6.29 Å². The monoisotopic (exact) mass is 358 g/mol. The van der Waals surface area contributed by atoms with E-state index in [1.54, 1.807) is 6.07 Å². The predicted molar refractivity (Wildman–Crippen MR) is 80.7 cm³/mol. The van der Waals surface area contributed by atoms with E-state index >= 15 is 0 Å². The number of carboxylic acid groups (broad SMARTS) is 1. The first-order chi connectivity index (χ1) is 10.0. The molecule has 0 spiro atoms. The van der Waals surface area contributed by atoms with Gasteiger partial charge < -0.3 is 19.3 Å². The minimum Gasteiger partial charge on any atom is -0.488 e. The Morgan fingerprint density at radius 3 is 2.95 bits per heavy atom. The van der Waals surface area contributed by atoms with Crippen LogP contribution in [-0.4, -0.2) is 36.7 Å². The Labute approximate surface area is 132 Å². The normalized spacial score (nSPS) is 20.0. The summed E-state index contributed by atoms with van der Waals surface area (Å²) >= 11 is 3.28. The number of hydrogen-bond donors (Lipinski definition) is 1. The van der Waals surface area contributed by atoms with Gasteiger partial charge in [-0.1, -0.05) is 15.9 Å². The first-order valence-corrected chi connectivity index (χ1v) is 7.77. The molecule has 1 aromatic rings. The van der Waals surface area contributed by atoms with Gasteiger partial charge in [0, 0.05) is 11.1 Å². The van der Waals surface area contributed by atoms with E-state index in [4.69, 9.17) is 19.3 Å². The molecule has 5 nitrogen and oxygen atoms in total. The minimum atomic E-state index is -0.986. The second-order valence-corrected chi connectivity index (χ2v) is 5.95. The van der Waals surface area contributed by atoms with E-state index in [9.17, 15) is 4.79 Å². The zero-order valence-electron chi connectivity index (χ0n) is 11.9. The SMILES string of the molecule is CC(COC1CCCCO1)Oc1cc(Br)cc(C(=O)O)c1. The summed E-state index contributed by atoms with van der Waals surface area (Å²) in [5, 5.41) is 9.02. The van der Waals surface area contributed by atoms with Crippen molar-refractivity contribution in [1.82, 2.24) is 0 Å². The van der Waals surface area contributed by atoms with Crippen molar-refractivity contribution in [2.75, 3.05) is 13.2 Å². The molecule has 1 N–H and O–H groups in total. The Morgan fingerprint density at radius 1 is 1.48 bits per heavy atom. The van der Waals surface area contributed by atoms with Gasteiger partial charge in [0.25, 0.3) is 0 Å². The number of carboxylic acids is 1. The van der Waals surface area contributed by atoms with Crippen LogP contribution >= 0.6 is 15.9 Å². The highest BCUT2D eigenvalue weighted by Crippen LogP contribution is 2.23. The van der Waals surface area contributed by atoms with Gasteiger partial charge in [-0.25, -0.2) is 4.79 Å². The number of hydrogen-bond acceptors (Lipinski definition) is 4. The molecular weight excluding hydrogens is 340 g/mol. The summed E-state index contributed by atoms with van der Waals surface area (Å²) in [4.78, 5) is 11.0. The fourth-order valence-corrected chi connectivity index (χ4v) is 2.58. The quantitative estimate of drug-likeness (QED) is 0.843. The third-order valence-corrected chi connectivity index (χ3v) is 3.57. The van der Waals surface area contributed by atoms with Crippen LogP contribution in [0.4, 0.5) is 0 Å². The van der Waals surface area contributed by atoms with Gasteiger partial charge in [-0.2, -0.15) is 0 Å². The topological polar surface area (TPSA) is 65.0 Å². The van der Waals surface area contributed by atoms with Gasteiger partial charge in [-0.15, -0.1) is 0 Å². The molecule has 1 saturated heterocycles. The van der Waals surface area contributed by atoms with Crippen LogP contribution in [0.5, 0.6) is 5.75 Å². The van der Waals surface area contributed by atoms with E-state index in [-0.39, 0.29) is 18.0 Å². The highest BCUT2D eigenvalue weighted by molar-refractivity contribution is 9.10. The smallest absolute Gasteiger partial charge is 0.335 e. The average molecular weight is 359 g/mol. The number of ether oxygens (including phenoxy) is 3. The largest absolute Gasteiger partial charge is 0.488 e. The second kappa shape index (κ2) is 7.77. The lowest BCUT2D eigenvalue weighted by Crippen LogP contribution is -2.28. The molecule has 1 aliphatic heterocycles. The lowest BCUT2D eigenvalue weighted by atomic mass is 10.2. The van der Waals surface area contributed by atoms with E-state index in [1.165, 1.54) is 12.1 Å². The van der Waals surface area contributed by atoms with Crippen molar-refractivity contribution in [1.29, 1.82) is 0 Å². The number of benzene rings is 1. The first-order valence-electron chi connectivity index (χ1n) is 6.98. The van der Waals surface area contributed by atoms with Crippen molar-refractivity contribution < 1.29 is 24.1 Å². The van der Waals surface area contributed by atoms with Crippen LogP contribution < -0.4 is 4.74 Å². The number of halogens is 1. The predicted octanol–water partition coefficient (Wildman–Crippen LogP) is 3.46. The zero-order valence-corrected chi connectivity index (χ0v) is 13.5. The van der Waals surface area contributed by atoms with Gasteiger partial charge >= 0.3 is 5.97 Å². The molecule has 6 heteroatoms.